The van der Waals surface area contributed by atoms with Crippen LogP contribution in [0.25, 0.3) is 11.3 Å². The minimum atomic E-state index is -0.0900. The third-order valence-corrected chi connectivity index (χ3v) is 3.59. The molecule has 1 aliphatic heterocycles. The van der Waals surface area contributed by atoms with Crippen LogP contribution in [0.5, 0.6) is 0 Å². The minimum absolute atomic E-state index is 0.0900. The van der Waals surface area contributed by atoms with Crippen molar-refractivity contribution in [3.63, 3.8) is 0 Å². The molecule has 1 aliphatic rings. The van der Waals surface area contributed by atoms with Crippen molar-refractivity contribution < 1.29 is 13.9 Å². The normalized spacial score (nSPS) is 19.1. The lowest BCUT2D eigenvalue weighted by Gasteiger charge is -2.22. The summed E-state index contributed by atoms with van der Waals surface area (Å²) in [5.74, 6) is 1.63. The van der Waals surface area contributed by atoms with E-state index in [0.29, 0.717) is 6.61 Å². The molecule has 4 heteroatoms. The molecule has 0 radical (unpaired) electrons. The molecule has 0 saturated carbocycles. The van der Waals surface area contributed by atoms with E-state index in [9.17, 15) is 0 Å². The summed E-state index contributed by atoms with van der Waals surface area (Å²) in [5, 5.41) is 0.721. The van der Waals surface area contributed by atoms with E-state index >= 15 is 0 Å². The van der Waals surface area contributed by atoms with E-state index in [1.807, 2.05) is 36.4 Å². The molecule has 106 valence electrons. The summed E-state index contributed by atoms with van der Waals surface area (Å²) in [6.07, 6.45) is 3.16. The molecule has 3 rings (SSSR count). The van der Waals surface area contributed by atoms with Crippen molar-refractivity contribution in [2.24, 2.45) is 0 Å². The predicted octanol–water partition coefficient (Wildman–Crippen LogP) is 4.64. The molecule has 3 nitrogen and oxygen atoms in total. The second-order valence-electron chi connectivity index (χ2n) is 4.88. The van der Waals surface area contributed by atoms with E-state index in [2.05, 4.69) is 0 Å². The van der Waals surface area contributed by atoms with Gasteiger partial charge in [0.05, 0.1) is 0 Å². The summed E-state index contributed by atoms with van der Waals surface area (Å²) in [6, 6.07) is 11.5. The zero-order chi connectivity index (χ0) is 13.8. The first-order chi connectivity index (χ1) is 9.81. The highest BCUT2D eigenvalue weighted by Crippen LogP contribution is 2.24. The van der Waals surface area contributed by atoms with Crippen LogP contribution in [0, 0.1) is 0 Å². The van der Waals surface area contributed by atoms with Gasteiger partial charge in [0.25, 0.3) is 0 Å². The average Bonchev–Trinajstić information content (AvgIpc) is 2.96. The van der Waals surface area contributed by atoms with Gasteiger partial charge in [-0.05, 0) is 55.7 Å². The molecule has 1 atom stereocenters. The lowest BCUT2D eigenvalue weighted by molar-refractivity contribution is -0.171. The van der Waals surface area contributed by atoms with Gasteiger partial charge in [0, 0.05) is 17.2 Å². The highest BCUT2D eigenvalue weighted by Gasteiger charge is 2.15. The molecule has 20 heavy (non-hydrogen) atoms. The number of hydrogen-bond acceptors (Lipinski definition) is 3. The first-order valence-corrected chi connectivity index (χ1v) is 7.27. The van der Waals surface area contributed by atoms with Crippen LogP contribution in [0.1, 0.15) is 25.0 Å². The average molecular weight is 293 g/mol. The molecule has 0 aliphatic carbocycles. The Labute approximate surface area is 123 Å². The molecule has 1 aromatic carbocycles. The lowest BCUT2D eigenvalue weighted by Crippen LogP contribution is -2.21. The lowest BCUT2D eigenvalue weighted by atomic mass is 10.2. The Morgan fingerprint density at radius 3 is 2.70 bits per heavy atom. The monoisotopic (exact) mass is 292 g/mol. The Bertz CT molecular complexity index is 541. The first kappa shape index (κ1) is 13.7. The summed E-state index contributed by atoms with van der Waals surface area (Å²) in [5.41, 5.74) is 1.01. The molecule has 1 unspecified atom stereocenters. The number of hydrogen-bond donors (Lipinski definition) is 0. The first-order valence-electron chi connectivity index (χ1n) is 6.89. The topological polar surface area (TPSA) is 31.6 Å². The zero-order valence-corrected chi connectivity index (χ0v) is 11.9. The van der Waals surface area contributed by atoms with Gasteiger partial charge in [-0.2, -0.15) is 0 Å². The molecule has 0 bridgehead atoms. The summed E-state index contributed by atoms with van der Waals surface area (Å²) >= 11 is 5.88. The molecular weight excluding hydrogens is 276 g/mol. The van der Waals surface area contributed by atoms with Gasteiger partial charge in [0.2, 0.25) is 0 Å². The maximum absolute atomic E-state index is 5.88. The van der Waals surface area contributed by atoms with Crippen LogP contribution < -0.4 is 0 Å². The highest BCUT2D eigenvalue weighted by molar-refractivity contribution is 6.30. The van der Waals surface area contributed by atoms with Gasteiger partial charge < -0.3 is 13.9 Å². The maximum Gasteiger partial charge on any atom is 0.158 e. The number of rotatable bonds is 4. The van der Waals surface area contributed by atoms with Gasteiger partial charge in [-0.15, -0.1) is 0 Å². The Hall–Kier alpha value is -1.29. The molecule has 2 heterocycles. The van der Waals surface area contributed by atoms with Gasteiger partial charge in [0.15, 0.2) is 6.29 Å². The Kier molecular flexibility index (Phi) is 4.41. The molecular formula is C16H17ClO3. The van der Waals surface area contributed by atoms with Crippen molar-refractivity contribution in [2.45, 2.75) is 32.2 Å². The predicted molar refractivity (Wildman–Crippen MR) is 77.5 cm³/mol. The van der Waals surface area contributed by atoms with Gasteiger partial charge in [-0.1, -0.05) is 11.6 Å². The molecule has 0 amide bonds. The molecule has 1 saturated heterocycles. The number of ether oxygens (including phenoxy) is 2. The molecule has 0 N–H and O–H groups in total. The fourth-order valence-corrected chi connectivity index (χ4v) is 2.37. The van der Waals surface area contributed by atoms with Crippen molar-refractivity contribution in [1.82, 2.24) is 0 Å². The van der Waals surface area contributed by atoms with E-state index in [0.717, 1.165) is 41.6 Å². The third-order valence-electron chi connectivity index (χ3n) is 3.34. The smallest absolute Gasteiger partial charge is 0.158 e. The van der Waals surface area contributed by atoms with Crippen LogP contribution >= 0.6 is 11.6 Å². The molecule has 2 aromatic rings. The van der Waals surface area contributed by atoms with Crippen LogP contribution in [0.15, 0.2) is 40.8 Å². The van der Waals surface area contributed by atoms with Crippen LogP contribution in [0.2, 0.25) is 5.02 Å². The quantitative estimate of drug-likeness (QED) is 0.822. The van der Waals surface area contributed by atoms with E-state index in [1.54, 1.807) is 0 Å². The largest absolute Gasteiger partial charge is 0.459 e. The molecule has 0 spiro atoms. The second kappa shape index (κ2) is 6.44. The fraction of sp³-hybridized carbons (Fsp3) is 0.375. The van der Waals surface area contributed by atoms with Crippen molar-refractivity contribution >= 4 is 11.6 Å². The number of halogens is 1. The fourth-order valence-electron chi connectivity index (χ4n) is 2.24. The van der Waals surface area contributed by atoms with E-state index in [4.69, 9.17) is 25.5 Å². The van der Waals surface area contributed by atoms with Crippen molar-refractivity contribution in [3.05, 3.63) is 47.2 Å². The van der Waals surface area contributed by atoms with Crippen LogP contribution in [0.4, 0.5) is 0 Å². The number of furan rings is 1. The van der Waals surface area contributed by atoms with Crippen molar-refractivity contribution in [3.8, 4) is 11.3 Å². The van der Waals surface area contributed by atoms with Crippen LogP contribution in [-0.2, 0) is 16.1 Å². The van der Waals surface area contributed by atoms with E-state index < -0.39 is 0 Å². The Morgan fingerprint density at radius 1 is 1.10 bits per heavy atom. The SMILES string of the molecule is Clc1ccc(-c2ccc(COC3CCCCO3)o2)cc1. The Morgan fingerprint density at radius 2 is 1.95 bits per heavy atom. The van der Waals surface area contributed by atoms with Crippen molar-refractivity contribution in [1.29, 1.82) is 0 Å². The summed E-state index contributed by atoms with van der Waals surface area (Å²) in [7, 11) is 0. The molecule has 1 fully saturated rings. The van der Waals surface area contributed by atoms with Gasteiger partial charge in [-0.25, -0.2) is 0 Å². The van der Waals surface area contributed by atoms with E-state index in [-0.39, 0.29) is 6.29 Å². The van der Waals surface area contributed by atoms with Crippen molar-refractivity contribution in [2.75, 3.05) is 6.61 Å². The van der Waals surface area contributed by atoms with Crippen LogP contribution in [-0.4, -0.2) is 12.9 Å². The summed E-state index contributed by atoms with van der Waals surface area (Å²) in [6.45, 7) is 1.23. The molecule has 1 aromatic heterocycles. The van der Waals surface area contributed by atoms with E-state index in [1.165, 1.54) is 6.42 Å². The highest BCUT2D eigenvalue weighted by atomic mass is 35.5. The third kappa shape index (κ3) is 3.42. The summed E-state index contributed by atoms with van der Waals surface area (Å²) < 4.78 is 17.0. The zero-order valence-electron chi connectivity index (χ0n) is 11.2. The van der Waals surface area contributed by atoms with Gasteiger partial charge in [0.1, 0.15) is 18.1 Å². The minimum Gasteiger partial charge on any atom is -0.459 e. The second-order valence-corrected chi connectivity index (χ2v) is 5.32. The van der Waals surface area contributed by atoms with Gasteiger partial charge >= 0.3 is 0 Å². The van der Waals surface area contributed by atoms with Gasteiger partial charge in [-0.3, -0.25) is 0 Å². The Balaban J connectivity index is 1.60. The number of benzene rings is 1. The van der Waals surface area contributed by atoms with Crippen LogP contribution in [0.3, 0.4) is 0 Å². The summed E-state index contributed by atoms with van der Waals surface area (Å²) in [4.78, 5) is 0. The standard InChI is InChI=1S/C16H17ClO3/c17-13-6-4-12(5-7-13)15-9-8-14(20-15)11-19-16-3-1-2-10-18-16/h4-9,16H,1-3,10-11H2. The maximum atomic E-state index is 5.88.